The second-order valence-electron chi connectivity index (χ2n) is 9.05. The van der Waals surface area contributed by atoms with E-state index < -0.39 is 34.9 Å². The third kappa shape index (κ3) is 3.74. The summed E-state index contributed by atoms with van der Waals surface area (Å²) in [5, 5.41) is 10.9. The first kappa shape index (κ1) is 23.0. The average molecular weight is 488 g/mol. The Hall–Kier alpha value is -3.77. The SMILES string of the molecule is O=C1c2ccccc2C(=O)N1C[C@@H]1CCC[C@]1(C(=O)O)C(=O)c1ccc(-c2ccc(Cl)cc2)cc1. The lowest BCUT2D eigenvalue weighted by Gasteiger charge is -2.32. The van der Waals surface area contributed by atoms with Gasteiger partial charge in [-0.3, -0.25) is 24.1 Å². The molecule has 7 heteroatoms. The van der Waals surface area contributed by atoms with E-state index in [0.29, 0.717) is 34.6 Å². The van der Waals surface area contributed by atoms with Gasteiger partial charge in [-0.05, 0) is 48.2 Å². The maximum Gasteiger partial charge on any atom is 0.317 e. The molecular formula is C28H22ClNO5. The largest absolute Gasteiger partial charge is 0.480 e. The fourth-order valence-electron chi connectivity index (χ4n) is 5.34. The van der Waals surface area contributed by atoms with E-state index in [2.05, 4.69) is 0 Å². The van der Waals surface area contributed by atoms with Crippen LogP contribution >= 0.6 is 11.6 Å². The minimum atomic E-state index is -1.70. The lowest BCUT2D eigenvalue weighted by atomic mass is 9.71. The molecule has 1 heterocycles. The molecule has 2 atom stereocenters. The number of Topliss-reactive ketones (excluding diaryl/α,β-unsaturated/α-hetero) is 1. The molecule has 0 aromatic heterocycles. The van der Waals surface area contributed by atoms with E-state index in [1.165, 1.54) is 0 Å². The maximum atomic E-state index is 13.7. The van der Waals surface area contributed by atoms with Crippen LogP contribution < -0.4 is 0 Å². The van der Waals surface area contributed by atoms with Crippen LogP contribution in [0.15, 0.2) is 72.8 Å². The zero-order valence-electron chi connectivity index (χ0n) is 18.7. The van der Waals surface area contributed by atoms with Crippen molar-refractivity contribution in [3.63, 3.8) is 0 Å². The lowest BCUT2D eigenvalue weighted by Crippen LogP contribution is -2.47. The van der Waals surface area contributed by atoms with Crippen LogP contribution in [0.4, 0.5) is 0 Å². The zero-order chi connectivity index (χ0) is 24.7. The van der Waals surface area contributed by atoms with E-state index in [-0.39, 0.29) is 13.0 Å². The van der Waals surface area contributed by atoms with Gasteiger partial charge in [-0.15, -0.1) is 0 Å². The van der Waals surface area contributed by atoms with E-state index in [1.54, 1.807) is 60.7 Å². The van der Waals surface area contributed by atoms with Crippen LogP contribution in [0.2, 0.25) is 5.02 Å². The van der Waals surface area contributed by atoms with Crippen LogP contribution in [0.1, 0.15) is 50.3 Å². The van der Waals surface area contributed by atoms with Crippen molar-refractivity contribution < 1.29 is 24.3 Å². The van der Waals surface area contributed by atoms with Gasteiger partial charge in [0.1, 0.15) is 5.41 Å². The summed E-state index contributed by atoms with van der Waals surface area (Å²) < 4.78 is 0. The number of nitrogens with zero attached hydrogens (tertiary/aromatic N) is 1. The summed E-state index contributed by atoms with van der Waals surface area (Å²) >= 11 is 5.96. The topological polar surface area (TPSA) is 91.8 Å². The van der Waals surface area contributed by atoms with Crippen molar-refractivity contribution in [1.82, 2.24) is 4.90 Å². The molecule has 0 bridgehead atoms. The Morgan fingerprint density at radius 3 is 1.97 bits per heavy atom. The molecule has 2 amide bonds. The Balaban J connectivity index is 1.43. The van der Waals surface area contributed by atoms with E-state index in [4.69, 9.17) is 11.6 Å². The van der Waals surface area contributed by atoms with Crippen molar-refractivity contribution in [1.29, 1.82) is 0 Å². The molecule has 176 valence electrons. The normalized spacial score (nSPS) is 21.3. The average Bonchev–Trinajstić information content (AvgIpc) is 3.40. The molecule has 1 aliphatic carbocycles. The number of imide groups is 1. The highest BCUT2D eigenvalue weighted by molar-refractivity contribution is 6.30. The summed E-state index contributed by atoms with van der Waals surface area (Å²) in [6.07, 6.45) is 1.12. The quantitative estimate of drug-likeness (QED) is 0.287. The molecule has 3 aromatic rings. The summed E-state index contributed by atoms with van der Waals surface area (Å²) in [6.45, 7) is -0.104. The van der Waals surface area contributed by atoms with Gasteiger partial charge in [-0.25, -0.2) is 0 Å². The molecule has 35 heavy (non-hydrogen) atoms. The Morgan fingerprint density at radius 2 is 1.43 bits per heavy atom. The number of hydrogen-bond donors (Lipinski definition) is 1. The predicted octanol–water partition coefficient (Wildman–Crippen LogP) is 5.36. The second-order valence-corrected chi connectivity index (χ2v) is 9.48. The summed E-state index contributed by atoms with van der Waals surface area (Å²) in [6, 6.07) is 20.6. The first-order chi connectivity index (χ1) is 16.8. The predicted molar refractivity (Wildman–Crippen MR) is 130 cm³/mol. The molecule has 0 unspecified atom stereocenters. The molecule has 0 spiro atoms. The lowest BCUT2D eigenvalue weighted by molar-refractivity contribution is -0.148. The molecule has 2 aliphatic rings. The summed E-state index contributed by atoms with van der Waals surface area (Å²) in [4.78, 5) is 53.1. The van der Waals surface area contributed by atoms with Gasteiger partial charge < -0.3 is 5.11 Å². The Bertz CT molecular complexity index is 1310. The van der Waals surface area contributed by atoms with E-state index in [9.17, 15) is 24.3 Å². The summed E-state index contributed by atoms with van der Waals surface area (Å²) in [5.74, 6) is -3.28. The molecule has 3 aromatic carbocycles. The number of aliphatic carboxylic acids is 1. The molecule has 6 nitrogen and oxygen atoms in total. The number of carboxylic acid groups (broad SMARTS) is 1. The number of amides is 2. The highest BCUT2D eigenvalue weighted by Crippen LogP contribution is 2.47. The number of benzene rings is 3. The highest BCUT2D eigenvalue weighted by Gasteiger charge is 2.56. The van der Waals surface area contributed by atoms with Crippen LogP contribution in [0.5, 0.6) is 0 Å². The monoisotopic (exact) mass is 487 g/mol. The smallest absolute Gasteiger partial charge is 0.317 e. The standard InChI is InChI=1S/C28H22ClNO5/c29-21-13-11-18(12-14-21)17-7-9-19(10-8-17)24(31)28(27(34)35)15-3-4-20(28)16-30-25(32)22-5-1-2-6-23(22)26(30)33/h1-2,5-14,20H,3-4,15-16H2,(H,34,35)/t20-,28+/m0/s1. The molecule has 1 aliphatic heterocycles. The molecule has 0 radical (unpaired) electrons. The number of carboxylic acids is 1. The van der Waals surface area contributed by atoms with Gasteiger partial charge in [-0.2, -0.15) is 0 Å². The van der Waals surface area contributed by atoms with Gasteiger partial charge in [0, 0.05) is 23.0 Å². The van der Waals surface area contributed by atoms with Crippen LogP contribution in [0.3, 0.4) is 0 Å². The van der Waals surface area contributed by atoms with Crippen LogP contribution in [-0.4, -0.2) is 40.1 Å². The van der Waals surface area contributed by atoms with Gasteiger partial charge in [0.25, 0.3) is 11.8 Å². The first-order valence-corrected chi connectivity index (χ1v) is 11.8. The fourth-order valence-corrected chi connectivity index (χ4v) is 5.47. The van der Waals surface area contributed by atoms with Crippen molar-refractivity contribution in [2.45, 2.75) is 19.3 Å². The second kappa shape index (κ2) is 8.78. The Labute approximate surface area is 207 Å². The van der Waals surface area contributed by atoms with Crippen molar-refractivity contribution in [3.8, 4) is 11.1 Å². The zero-order valence-corrected chi connectivity index (χ0v) is 19.5. The van der Waals surface area contributed by atoms with Crippen molar-refractivity contribution in [2.24, 2.45) is 11.3 Å². The fraction of sp³-hybridized carbons (Fsp3) is 0.214. The van der Waals surface area contributed by atoms with Gasteiger partial charge in [-0.1, -0.05) is 66.6 Å². The summed E-state index contributed by atoms with van der Waals surface area (Å²) in [5.41, 5.74) is 1.000. The molecule has 1 saturated carbocycles. The van der Waals surface area contributed by atoms with Crippen LogP contribution in [0, 0.1) is 11.3 Å². The minimum absolute atomic E-state index is 0.104. The number of carbonyl (C=O) groups excluding carboxylic acids is 3. The molecule has 0 saturated heterocycles. The van der Waals surface area contributed by atoms with Crippen molar-refractivity contribution in [3.05, 3.63) is 94.5 Å². The van der Waals surface area contributed by atoms with Gasteiger partial charge in [0.2, 0.25) is 0 Å². The maximum absolute atomic E-state index is 13.7. The van der Waals surface area contributed by atoms with E-state index >= 15 is 0 Å². The van der Waals surface area contributed by atoms with Crippen LogP contribution in [-0.2, 0) is 4.79 Å². The molecule has 1 fully saturated rings. The minimum Gasteiger partial charge on any atom is -0.480 e. The third-order valence-corrected chi connectivity index (χ3v) is 7.47. The first-order valence-electron chi connectivity index (χ1n) is 11.4. The van der Waals surface area contributed by atoms with Crippen molar-refractivity contribution in [2.75, 3.05) is 6.54 Å². The van der Waals surface area contributed by atoms with E-state index in [1.807, 2.05) is 12.1 Å². The third-order valence-electron chi connectivity index (χ3n) is 7.21. The number of hydrogen-bond acceptors (Lipinski definition) is 4. The van der Waals surface area contributed by atoms with Gasteiger partial charge in [0.05, 0.1) is 11.1 Å². The van der Waals surface area contributed by atoms with E-state index in [0.717, 1.165) is 16.0 Å². The summed E-state index contributed by atoms with van der Waals surface area (Å²) in [7, 11) is 0. The van der Waals surface area contributed by atoms with Gasteiger partial charge in [0.15, 0.2) is 5.78 Å². The Morgan fingerprint density at radius 1 is 0.886 bits per heavy atom. The Kier molecular flexibility index (Phi) is 5.77. The van der Waals surface area contributed by atoms with Gasteiger partial charge >= 0.3 is 5.97 Å². The number of rotatable bonds is 6. The van der Waals surface area contributed by atoms with Crippen LogP contribution in [0.25, 0.3) is 11.1 Å². The number of fused-ring (bicyclic) bond motifs is 1. The number of carbonyl (C=O) groups is 4. The van der Waals surface area contributed by atoms with Crippen molar-refractivity contribution >= 4 is 35.2 Å². The number of ketones is 1. The highest BCUT2D eigenvalue weighted by atomic mass is 35.5. The molecule has 1 N–H and O–H groups in total. The molecular weight excluding hydrogens is 466 g/mol. The molecule has 5 rings (SSSR count). The number of halogens is 1.